The van der Waals surface area contributed by atoms with E-state index in [0.717, 1.165) is 29.3 Å². The lowest BCUT2D eigenvalue weighted by atomic mass is 10.1. The van der Waals surface area contributed by atoms with E-state index in [2.05, 4.69) is 11.0 Å². The van der Waals surface area contributed by atoms with Crippen LogP contribution < -0.4 is 15.0 Å². The highest BCUT2D eigenvalue weighted by atomic mass is 32.2. The van der Waals surface area contributed by atoms with E-state index in [0.29, 0.717) is 56.2 Å². The van der Waals surface area contributed by atoms with Crippen molar-refractivity contribution in [1.29, 1.82) is 0 Å². The number of benzene rings is 1. The Bertz CT molecular complexity index is 1120. The Morgan fingerprint density at radius 1 is 1.06 bits per heavy atom. The van der Waals surface area contributed by atoms with E-state index in [1.165, 1.54) is 20.3 Å². The summed E-state index contributed by atoms with van der Waals surface area (Å²) >= 11 is 1.85. The Morgan fingerprint density at radius 2 is 1.82 bits per heavy atom. The van der Waals surface area contributed by atoms with Crippen LogP contribution in [-0.2, 0) is 13.0 Å². The number of rotatable bonds is 6. The van der Waals surface area contributed by atoms with Gasteiger partial charge in [0.25, 0.3) is 11.5 Å². The van der Waals surface area contributed by atoms with Gasteiger partial charge in [-0.15, -0.1) is 0 Å². The average Bonchev–Trinajstić information content (AvgIpc) is 3.08. The van der Waals surface area contributed by atoms with Gasteiger partial charge in [0.1, 0.15) is 11.3 Å². The molecule has 182 valence electrons. The van der Waals surface area contributed by atoms with Gasteiger partial charge in [0, 0.05) is 69.0 Å². The molecule has 8 nitrogen and oxygen atoms in total. The predicted molar refractivity (Wildman–Crippen MR) is 134 cm³/mol. The zero-order chi connectivity index (χ0) is 24.1. The minimum Gasteiger partial charge on any atom is -0.504 e. The average molecular weight is 486 g/mol. The molecule has 1 aromatic carbocycles. The van der Waals surface area contributed by atoms with Gasteiger partial charge in [0.2, 0.25) is 0 Å². The fourth-order valence-electron chi connectivity index (χ4n) is 4.43. The Morgan fingerprint density at radius 3 is 2.56 bits per heavy atom. The summed E-state index contributed by atoms with van der Waals surface area (Å²) in [6, 6.07) is 6.67. The van der Waals surface area contributed by atoms with Crippen LogP contribution in [0.2, 0.25) is 0 Å². The number of fused-ring (bicyclic) bond motifs is 1. The molecule has 1 amide bonds. The lowest BCUT2D eigenvalue weighted by Gasteiger charge is -2.28. The second-order valence-corrected chi connectivity index (χ2v) is 9.54. The monoisotopic (exact) mass is 485 g/mol. The van der Waals surface area contributed by atoms with Crippen LogP contribution in [0.25, 0.3) is 6.08 Å². The summed E-state index contributed by atoms with van der Waals surface area (Å²) in [4.78, 5) is 30.4. The highest BCUT2D eigenvalue weighted by Crippen LogP contribution is 2.27. The van der Waals surface area contributed by atoms with Crippen molar-refractivity contribution in [3.8, 4) is 17.2 Å². The molecule has 3 heterocycles. The smallest absolute Gasteiger partial charge is 0.259 e. The van der Waals surface area contributed by atoms with Crippen molar-refractivity contribution in [2.75, 3.05) is 58.4 Å². The fraction of sp³-hybridized carbons (Fsp3) is 0.440. The summed E-state index contributed by atoms with van der Waals surface area (Å²) in [5, 5.41) is 9.76. The minimum absolute atomic E-state index is 0.0458. The zero-order valence-corrected chi connectivity index (χ0v) is 20.5. The van der Waals surface area contributed by atoms with Crippen LogP contribution in [0.15, 0.2) is 35.1 Å². The fourth-order valence-corrected chi connectivity index (χ4v) is 5.33. The van der Waals surface area contributed by atoms with Crippen LogP contribution in [0, 0.1) is 0 Å². The maximum absolute atomic E-state index is 13.4. The molecule has 0 aliphatic carbocycles. The first-order valence-corrected chi connectivity index (χ1v) is 12.6. The minimum atomic E-state index is -0.133. The van der Waals surface area contributed by atoms with Crippen LogP contribution in [0.1, 0.15) is 21.6 Å². The van der Waals surface area contributed by atoms with E-state index in [1.807, 2.05) is 28.8 Å². The third kappa shape index (κ3) is 5.26. The van der Waals surface area contributed by atoms with Gasteiger partial charge in [-0.2, -0.15) is 11.8 Å². The topological polar surface area (TPSA) is 84.2 Å². The van der Waals surface area contributed by atoms with E-state index in [-0.39, 0.29) is 17.2 Å². The van der Waals surface area contributed by atoms with E-state index < -0.39 is 0 Å². The van der Waals surface area contributed by atoms with Gasteiger partial charge < -0.3 is 24.0 Å². The first kappa shape index (κ1) is 24.2. The van der Waals surface area contributed by atoms with Crippen molar-refractivity contribution in [3.63, 3.8) is 0 Å². The molecule has 4 rings (SSSR count). The number of phenolic OH excluding ortho intramolecular Hbond substituents is 1. The van der Waals surface area contributed by atoms with Crippen molar-refractivity contribution < 1.29 is 19.4 Å². The quantitative estimate of drug-likeness (QED) is 0.672. The molecule has 1 N–H and O–H groups in total. The van der Waals surface area contributed by atoms with Crippen molar-refractivity contribution in [1.82, 2.24) is 14.4 Å². The molecule has 0 saturated carbocycles. The Balaban J connectivity index is 1.51. The van der Waals surface area contributed by atoms with Gasteiger partial charge >= 0.3 is 0 Å². The summed E-state index contributed by atoms with van der Waals surface area (Å²) in [6.07, 6.45) is 4.64. The molecular formula is C25H31N3O5S. The third-order valence-electron chi connectivity index (χ3n) is 6.30. The number of nitrogens with zero attached hydrogens (tertiary/aromatic N) is 3. The van der Waals surface area contributed by atoms with E-state index >= 15 is 0 Å². The number of phenols is 1. The van der Waals surface area contributed by atoms with Crippen LogP contribution >= 0.6 is 11.8 Å². The zero-order valence-electron chi connectivity index (χ0n) is 19.7. The molecule has 34 heavy (non-hydrogen) atoms. The van der Waals surface area contributed by atoms with E-state index in [1.54, 1.807) is 16.7 Å². The second kappa shape index (κ2) is 11.0. The van der Waals surface area contributed by atoms with Crippen LogP contribution in [0.4, 0.5) is 0 Å². The van der Waals surface area contributed by atoms with Gasteiger partial charge in [-0.25, -0.2) is 0 Å². The van der Waals surface area contributed by atoms with Crippen molar-refractivity contribution in [3.05, 3.63) is 57.5 Å². The summed E-state index contributed by atoms with van der Waals surface area (Å²) in [6.45, 7) is 4.08. The summed E-state index contributed by atoms with van der Waals surface area (Å²) in [5.41, 5.74) is 2.09. The number of aromatic hydroxyl groups is 1. The molecular weight excluding hydrogens is 454 g/mol. The van der Waals surface area contributed by atoms with Crippen molar-refractivity contribution in [2.45, 2.75) is 13.0 Å². The number of amides is 1. The Labute approximate surface area is 203 Å². The largest absolute Gasteiger partial charge is 0.504 e. The lowest BCUT2D eigenvalue weighted by Crippen LogP contribution is -2.39. The first-order valence-electron chi connectivity index (χ1n) is 11.5. The number of hydrogen-bond acceptors (Lipinski definition) is 7. The molecule has 1 saturated heterocycles. The summed E-state index contributed by atoms with van der Waals surface area (Å²) < 4.78 is 12.4. The van der Waals surface area contributed by atoms with Gasteiger partial charge in [0.15, 0.2) is 11.5 Å². The molecule has 2 aliphatic rings. The van der Waals surface area contributed by atoms with Crippen molar-refractivity contribution >= 4 is 23.7 Å². The first-order chi connectivity index (χ1) is 16.5. The lowest BCUT2D eigenvalue weighted by molar-refractivity contribution is 0.0766. The van der Waals surface area contributed by atoms with Gasteiger partial charge in [-0.1, -0.05) is 18.2 Å². The molecule has 0 unspecified atom stereocenters. The maximum atomic E-state index is 13.4. The van der Waals surface area contributed by atoms with Crippen molar-refractivity contribution in [2.24, 2.45) is 0 Å². The number of carbonyl (C=O) groups excluding carboxylic acids is 1. The number of pyridine rings is 1. The molecule has 1 aromatic heterocycles. The second-order valence-electron chi connectivity index (χ2n) is 8.31. The highest BCUT2D eigenvalue weighted by molar-refractivity contribution is 7.99. The number of aromatic nitrogens is 1. The number of ether oxygens (including phenoxy) is 2. The van der Waals surface area contributed by atoms with E-state index in [9.17, 15) is 14.7 Å². The van der Waals surface area contributed by atoms with Gasteiger partial charge in [0.05, 0.1) is 14.2 Å². The Kier molecular flexibility index (Phi) is 7.84. The highest BCUT2D eigenvalue weighted by Gasteiger charge is 2.28. The molecule has 1 fully saturated rings. The third-order valence-corrected chi connectivity index (χ3v) is 7.24. The molecule has 9 heteroatoms. The van der Waals surface area contributed by atoms with Crippen LogP contribution in [0.3, 0.4) is 0 Å². The van der Waals surface area contributed by atoms with Gasteiger partial charge in [-0.05, 0) is 17.7 Å². The molecule has 0 atom stereocenters. The van der Waals surface area contributed by atoms with Gasteiger partial charge in [-0.3, -0.25) is 14.5 Å². The van der Waals surface area contributed by atoms with E-state index in [4.69, 9.17) is 9.47 Å². The number of carbonyl (C=O) groups is 1. The molecule has 0 radical (unpaired) electrons. The van der Waals surface area contributed by atoms with Crippen LogP contribution in [-0.4, -0.2) is 83.8 Å². The molecule has 0 bridgehead atoms. The standard InChI is InChI=1S/C25H31N3O5S/c1-32-21-16-18(5-6-20(21)29)4-3-8-26-9-7-19-24(25(31)27-12-14-34-15-13-27)22(33-2)17-23(30)28(19)11-10-26/h3-6,16-17,29H,7-15H2,1-2H3/b4-3+. The predicted octanol–water partition coefficient (Wildman–Crippen LogP) is 2.33. The molecule has 0 spiro atoms. The van der Waals surface area contributed by atoms with Crippen LogP contribution in [0.5, 0.6) is 17.2 Å². The maximum Gasteiger partial charge on any atom is 0.259 e. The summed E-state index contributed by atoms with van der Waals surface area (Å²) in [7, 11) is 3.04. The normalized spacial score (nSPS) is 16.8. The number of hydrogen-bond donors (Lipinski definition) is 1. The number of thioether (sulfide) groups is 1. The molecule has 2 aliphatic heterocycles. The Hall–Kier alpha value is -2.91. The molecule has 2 aromatic rings. The SMILES string of the molecule is COc1cc(/C=C/CN2CCc3c(C(=O)N4CCSCC4)c(OC)cc(=O)n3CC2)ccc1O. The summed E-state index contributed by atoms with van der Waals surface area (Å²) in [5.74, 6) is 2.72. The number of methoxy groups -OCH3 is 2.